The number of benzene rings is 5. The van der Waals surface area contributed by atoms with Crippen LogP contribution in [0.3, 0.4) is 0 Å². The van der Waals surface area contributed by atoms with Crippen molar-refractivity contribution in [1.82, 2.24) is 0 Å². The molecule has 0 saturated heterocycles. The van der Waals surface area contributed by atoms with E-state index in [4.69, 9.17) is 71.1 Å². The van der Waals surface area contributed by atoms with Crippen molar-refractivity contribution in [1.29, 1.82) is 0 Å². The van der Waals surface area contributed by atoms with Crippen LogP contribution in [0.2, 0.25) is 0 Å². The Labute approximate surface area is 553 Å². The molecule has 516 valence electrons. The lowest BCUT2D eigenvalue weighted by Crippen LogP contribution is -2.38. The van der Waals surface area contributed by atoms with Crippen LogP contribution >= 0.6 is 0 Å². The van der Waals surface area contributed by atoms with Crippen LogP contribution < -0.4 is 61.6 Å². The molecular formula is C73H98O21. The summed E-state index contributed by atoms with van der Waals surface area (Å²) in [5.74, 6) is 8.95. The van der Waals surface area contributed by atoms with E-state index in [1.165, 1.54) is 11.1 Å². The molecule has 5 aliphatic heterocycles. The normalized spacial score (nSPS) is 18.8. The summed E-state index contributed by atoms with van der Waals surface area (Å²) >= 11 is 0. The minimum Gasteiger partial charge on any atom is -0.491 e. The molecule has 9 unspecified atom stereocenters. The fourth-order valence-corrected chi connectivity index (χ4v) is 10.1. The molecule has 21 nitrogen and oxygen atoms in total. The summed E-state index contributed by atoms with van der Waals surface area (Å²) < 4.78 is 79.7. The second kappa shape index (κ2) is 34.9. The molecule has 94 heavy (non-hydrogen) atoms. The number of fused-ring (bicyclic) bond motifs is 5. The van der Waals surface area contributed by atoms with Crippen LogP contribution in [0, 0.1) is 29.1 Å². The highest BCUT2D eigenvalue weighted by Gasteiger charge is 2.37. The molecule has 0 spiro atoms. The molecule has 1 fully saturated rings. The Hall–Kier alpha value is -8.01. The van der Waals surface area contributed by atoms with Gasteiger partial charge in [0.1, 0.15) is 55.9 Å². The van der Waals surface area contributed by atoms with Gasteiger partial charge in [0.2, 0.25) is 33.0 Å². The summed E-state index contributed by atoms with van der Waals surface area (Å²) in [5, 5.41) is 29.9. The SMILES string of the molecule is CCC(C)(C)C(=O)OCC(O)COc1ccc2c(c1)OCO2.CCC(C)C(=O)OCC(O)COc1ccc2c(c1)OCO2.CCC(C)C1CCC(C(=O)Oc2ccc3c(c2)OCO3)C(O)C1.CCC(C)c1ccc2c(c1)OC(C)(C)O2.CCC(C)c1ccc2c(c1)OCO2. The van der Waals surface area contributed by atoms with Crippen molar-refractivity contribution >= 4 is 17.9 Å². The summed E-state index contributed by atoms with van der Waals surface area (Å²) in [4.78, 5) is 35.6. The molecule has 0 aromatic heterocycles. The van der Waals surface area contributed by atoms with Crippen LogP contribution in [0.5, 0.6) is 74.7 Å². The van der Waals surface area contributed by atoms with Gasteiger partial charge in [-0.25, -0.2) is 0 Å². The number of hydrogen-bond acceptors (Lipinski definition) is 21. The van der Waals surface area contributed by atoms with Crippen LogP contribution in [0.1, 0.15) is 164 Å². The summed E-state index contributed by atoms with van der Waals surface area (Å²) in [5.41, 5.74) is 2.10. The third-order valence-electron chi connectivity index (χ3n) is 17.5. The first-order valence-electron chi connectivity index (χ1n) is 32.9. The molecule has 1 aliphatic carbocycles. The molecule has 9 atom stereocenters. The molecule has 11 rings (SSSR count). The molecule has 0 amide bonds. The van der Waals surface area contributed by atoms with Crippen molar-refractivity contribution in [2.45, 2.75) is 177 Å². The van der Waals surface area contributed by atoms with Gasteiger partial charge in [0.15, 0.2) is 57.5 Å². The van der Waals surface area contributed by atoms with Gasteiger partial charge in [0.05, 0.1) is 23.4 Å². The quantitative estimate of drug-likeness (QED) is 0.0430. The summed E-state index contributed by atoms with van der Waals surface area (Å²) in [7, 11) is 0. The number of aliphatic hydroxyl groups excluding tert-OH is 3. The molecule has 21 heteroatoms. The van der Waals surface area contributed by atoms with E-state index in [0.29, 0.717) is 108 Å². The van der Waals surface area contributed by atoms with Gasteiger partial charge in [0, 0.05) is 32.0 Å². The second-order valence-corrected chi connectivity index (χ2v) is 25.3. The van der Waals surface area contributed by atoms with Gasteiger partial charge in [-0.2, -0.15) is 0 Å². The third-order valence-corrected chi connectivity index (χ3v) is 17.5. The van der Waals surface area contributed by atoms with Gasteiger partial charge < -0.3 is 86.4 Å². The number of ether oxygens (including phenoxy) is 15. The van der Waals surface area contributed by atoms with Gasteiger partial charge in [-0.05, 0) is 154 Å². The molecule has 5 aromatic rings. The monoisotopic (exact) mass is 1310 g/mol. The zero-order valence-corrected chi connectivity index (χ0v) is 56.9. The lowest BCUT2D eigenvalue weighted by atomic mass is 9.74. The molecule has 1 saturated carbocycles. The van der Waals surface area contributed by atoms with E-state index >= 15 is 0 Å². The lowest BCUT2D eigenvalue weighted by Gasteiger charge is -2.34. The van der Waals surface area contributed by atoms with Gasteiger partial charge in [-0.3, -0.25) is 14.4 Å². The molecule has 5 heterocycles. The summed E-state index contributed by atoms with van der Waals surface area (Å²) in [6.07, 6.45) is 4.72. The van der Waals surface area contributed by atoms with Crippen LogP contribution in [-0.2, 0) is 23.9 Å². The standard InChI is InChI=1S/C18H24O5.C16H22O6.C15H20O6.C13H18O2.C11H14O2/c1-3-11(2)12-4-6-14(15(19)8-12)18(20)23-13-5-7-16-17(9-13)22-10-21-16;1-4-16(2,3)15(18)20-9-11(17)8-19-12-5-6-13-14(7-12)22-10-21-13;1-3-10(2)15(17)19-8-11(16)7-18-12-4-5-13-14(6-12)21-9-20-13;1-5-9(2)10-6-7-11-12(8-10)15-13(3,4)14-11;1-3-8(2)9-4-5-10-11(6-9)13-7-12-10/h5,7,9,11-12,14-15,19H,3-4,6,8,10H2,1-2H3;5-7,11,17H,4,8-10H2,1-3H3;4-6,10-11,16H,3,7-9H2,1-2H3;6-9H,5H2,1-4H3;4-6,8H,3,7H2,1-2H3. The minimum atomic E-state index is -0.887. The second-order valence-electron chi connectivity index (χ2n) is 25.3. The Morgan fingerprint density at radius 2 is 0.947 bits per heavy atom. The van der Waals surface area contributed by atoms with Crippen molar-refractivity contribution in [3.63, 3.8) is 0 Å². The number of rotatable bonds is 22. The maximum atomic E-state index is 12.4. The number of esters is 3. The topological polar surface area (TPSA) is 250 Å². The van der Waals surface area contributed by atoms with Crippen molar-refractivity contribution in [2.24, 2.45) is 29.1 Å². The Morgan fingerprint density at radius 3 is 1.41 bits per heavy atom. The van der Waals surface area contributed by atoms with Crippen LogP contribution in [0.15, 0.2) is 91.0 Å². The molecule has 0 bridgehead atoms. The van der Waals surface area contributed by atoms with Gasteiger partial charge in [0.25, 0.3) is 0 Å². The van der Waals surface area contributed by atoms with Crippen molar-refractivity contribution < 1.29 is 101 Å². The Bertz CT molecular complexity index is 3230. The van der Waals surface area contributed by atoms with E-state index < -0.39 is 35.4 Å². The average molecular weight is 1310 g/mol. The van der Waals surface area contributed by atoms with Gasteiger partial charge in [-0.1, -0.05) is 80.9 Å². The highest BCUT2D eigenvalue weighted by molar-refractivity contribution is 5.76. The molecular weight excluding hydrogens is 1210 g/mol. The summed E-state index contributed by atoms with van der Waals surface area (Å²) in [6.45, 7) is 27.1. The van der Waals surface area contributed by atoms with Gasteiger partial charge >= 0.3 is 17.9 Å². The van der Waals surface area contributed by atoms with E-state index in [9.17, 15) is 29.7 Å². The molecule has 0 radical (unpaired) electrons. The Morgan fingerprint density at radius 1 is 0.521 bits per heavy atom. The van der Waals surface area contributed by atoms with E-state index in [0.717, 1.165) is 48.7 Å². The first-order chi connectivity index (χ1) is 44.9. The maximum absolute atomic E-state index is 12.4. The van der Waals surface area contributed by atoms with Crippen LogP contribution in [-0.4, -0.2) is 111 Å². The van der Waals surface area contributed by atoms with Crippen LogP contribution in [0.25, 0.3) is 0 Å². The first-order valence-corrected chi connectivity index (χ1v) is 32.9. The lowest BCUT2D eigenvalue weighted by molar-refractivity contribution is -0.157. The number of hydrogen-bond donors (Lipinski definition) is 3. The first kappa shape index (κ1) is 73.4. The Kier molecular flexibility index (Phi) is 27.3. The third kappa shape index (κ3) is 21.3. The minimum absolute atomic E-state index is 0.0273. The number of carbonyl (C=O) groups excluding carboxylic acids is 3. The maximum Gasteiger partial charge on any atom is 0.316 e. The van der Waals surface area contributed by atoms with E-state index in [-0.39, 0.29) is 70.6 Å². The fraction of sp³-hybridized carbons (Fsp3) is 0.548. The van der Waals surface area contributed by atoms with Crippen LogP contribution in [0.4, 0.5) is 0 Å². The number of aliphatic hydroxyl groups is 3. The van der Waals surface area contributed by atoms with Crippen molar-refractivity contribution in [3.8, 4) is 74.7 Å². The highest BCUT2D eigenvalue weighted by atomic mass is 16.7. The zero-order valence-electron chi connectivity index (χ0n) is 56.9. The predicted molar refractivity (Wildman–Crippen MR) is 350 cm³/mol. The molecule has 6 aliphatic rings. The van der Waals surface area contributed by atoms with E-state index in [2.05, 4.69) is 65.8 Å². The Balaban J connectivity index is 0.000000169. The smallest absolute Gasteiger partial charge is 0.316 e. The predicted octanol–water partition coefficient (Wildman–Crippen LogP) is 13.7. The fourth-order valence-electron chi connectivity index (χ4n) is 10.1. The highest BCUT2D eigenvalue weighted by Crippen LogP contribution is 2.43. The average Bonchev–Trinajstić information content (AvgIpc) is 1.72. The summed E-state index contributed by atoms with van der Waals surface area (Å²) in [6, 6.07) is 27.8. The van der Waals surface area contributed by atoms with Crippen molar-refractivity contribution in [2.75, 3.05) is 53.6 Å². The van der Waals surface area contributed by atoms with E-state index in [1.807, 2.05) is 53.7 Å². The largest absolute Gasteiger partial charge is 0.491 e. The molecule has 3 N–H and O–H groups in total. The van der Waals surface area contributed by atoms with Gasteiger partial charge in [-0.15, -0.1) is 0 Å². The van der Waals surface area contributed by atoms with E-state index in [1.54, 1.807) is 61.5 Å². The molecule has 5 aromatic carbocycles. The zero-order chi connectivity index (χ0) is 68.1. The number of carbonyl (C=O) groups is 3. The van der Waals surface area contributed by atoms with Crippen molar-refractivity contribution in [3.05, 3.63) is 102 Å².